The number of nitrogens with zero attached hydrogens (tertiary/aromatic N) is 4. The highest BCUT2D eigenvalue weighted by atomic mass is 79.9. The maximum Gasteiger partial charge on any atom is 0.197 e. The van der Waals surface area contributed by atoms with Gasteiger partial charge in [0.2, 0.25) is 0 Å². The Kier molecular flexibility index (Phi) is 5.22. The summed E-state index contributed by atoms with van der Waals surface area (Å²) in [6.07, 6.45) is 0. The standard InChI is InChI=1S/C19H13BrCl3N5/c1-9-5-10(2)28(27-9)19-18(24-15-4-3-11(20)6-14(15)23)25-16-7-12(21)13(22)8-17(16)26-19/h3-8H,1-2H3,(H,24,25). The molecular formula is C19H13BrCl3N5. The lowest BCUT2D eigenvalue weighted by Gasteiger charge is -2.14. The Morgan fingerprint density at radius 3 is 2.18 bits per heavy atom. The van der Waals surface area contributed by atoms with Crippen LogP contribution in [0.2, 0.25) is 15.1 Å². The van der Waals surface area contributed by atoms with E-state index < -0.39 is 0 Å². The average molecular weight is 498 g/mol. The third-order valence-electron chi connectivity index (χ3n) is 4.08. The monoisotopic (exact) mass is 495 g/mol. The first kappa shape index (κ1) is 19.5. The van der Waals surface area contributed by atoms with Crippen LogP contribution in [0.3, 0.4) is 0 Å². The molecule has 4 rings (SSSR count). The van der Waals surface area contributed by atoms with Gasteiger partial charge in [-0.2, -0.15) is 5.10 Å². The summed E-state index contributed by atoms with van der Waals surface area (Å²) in [6, 6.07) is 10.9. The van der Waals surface area contributed by atoms with Gasteiger partial charge in [0, 0.05) is 10.2 Å². The molecule has 0 aliphatic heterocycles. The third-order valence-corrected chi connectivity index (χ3v) is 5.61. The number of benzene rings is 2. The van der Waals surface area contributed by atoms with Crippen molar-refractivity contribution in [2.45, 2.75) is 13.8 Å². The SMILES string of the molecule is Cc1cc(C)n(-c2nc3cc(Cl)c(Cl)cc3nc2Nc2ccc(Br)cc2Cl)n1. The van der Waals surface area contributed by atoms with E-state index in [2.05, 4.69) is 26.3 Å². The fourth-order valence-electron chi connectivity index (χ4n) is 2.84. The lowest BCUT2D eigenvalue weighted by atomic mass is 10.3. The smallest absolute Gasteiger partial charge is 0.197 e. The number of fused-ring (bicyclic) bond motifs is 1. The van der Waals surface area contributed by atoms with Gasteiger partial charge in [0.25, 0.3) is 0 Å². The zero-order chi connectivity index (χ0) is 20.0. The van der Waals surface area contributed by atoms with Crippen molar-refractivity contribution in [1.82, 2.24) is 19.7 Å². The lowest BCUT2D eigenvalue weighted by molar-refractivity contribution is 0.808. The molecular weight excluding hydrogens is 485 g/mol. The predicted molar refractivity (Wildman–Crippen MR) is 119 cm³/mol. The second-order valence-corrected chi connectivity index (χ2v) is 8.38. The second kappa shape index (κ2) is 7.52. The Balaban J connectivity index is 1.94. The second-order valence-electron chi connectivity index (χ2n) is 6.24. The van der Waals surface area contributed by atoms with E-state index in [4.69, 9.17) is 44.8 Å². The highest BCUT2D eigenvalue weighted by molar-refractivity contribution is 9.10. The summed E-state index contributed by atoms with van der Waals surface area (Å²) in [7, 11) is 0. The first-order valence-electron chi connectivity index (χ1n) is 8.24. The van der Waals surface area contributed by atoms with Crippen molar-refractivity contribution in [2.75, 3.05) is 5.32 Å². The molecule has 5 nitrogen and oxygen atoms in total. The highest BCUT2D eigenvalue weighted by Gasteiger charge is 2.16. The summed E-state index contributed by atoms with van der Waals surface area (Å²) in [5.41, 5.74) is 3.72. The van der Waals surface area contributed by atoms with Gasteiger partial charge >= 0.3 is 0 Å². The Morgan fingerprint density at radius 2 is 1.57 bits per heavy atom. The summed E-state index contributed by atoms with van der Waals surface area (Å²) >= 11 is 22.1. The summed E-state index contributed by atoms with van der Waals surface area (Å²) in [5.74, 6) is 1.04. The van der Waals surface area contributed by atoms with Crippen molar-refractivity contribution in [3.63, 3.8) is 0 Å². The number of aryl methyl sites for hydroxylation is 2. The molecule has 2 aromatic heterocycles. The number of nitrogens with one attached hydrogen (secondary N) is 1. The van der Waals surface area contributed by atoms with E-state index in [0.29, 0.717) is 43.4 Å². The minimum Gasteiger partial charge on any atom is -0.336 e. The maximum absolute atomic E-state index is 6.38. The molecule has 0 bridgehead atoms. The summed E-state index contributed by atoms with van der Waals surface area (Å²) in [6.45, 7) is 3.88. The summed E-state index contributed by atoms with van der Waals surface area (Å²) in [4.78, 5) is 9.46. The lowest BCUT2D eigenvalue weighted by Crippen LogP contribution is -2.09. The van der Waals surface area contributed by atoms with Gasteiger partial charge in [0.1, 0.15) is 0 Å². The molecule has 0 fully saturated rings. The molecule has 9 heteroatoms. The molecule has 0 spiro atoms. The number of hydrogen-bond acceptors (Lipinski definition) is 4. The van der Waals surface area contributed by atoms with Crippen LogP contribution in [0.5, 0.6) is 0 Å². The van der Waals surface area contributed by atoms with Crippen molar-refractivity contribution in [3.05, 3.63) is 67.3 Å². The Hall–Kier alpha value is -1.86. The number of halogens is 4. The molecule has 0 saturated carbocycles. The fraction of sp³-hybridized carbons (Fsp3) is 0.105. The van der Waals surface area contributed by atoms with Gasteiger partial charge < -0.3 is 5.32 Å². The molecule has 2 aromatic carbocycles. The molecule has 2 heterocycles. The minimum absolute atomic E-state index is 0.412. The number of anilines is 2. The van der Waals surface area contributed by atoms with E-state index in [1.807, 2.05) is 32.0 Å². The Morgan fingerprint density at radius 1 is 0.893 bits per heavy atom. The van der Waals surface area contributed by atoms with E-state index in [9.17, 15) is 0 Å². The summed E-state index contributed by atoms with van der Waals surface area (Å²) < 4.78 is 2.62. The van der Waals surface area contributed by atoms with Gasteiger partial charge in [-0.25, -0.2) is 14.6 Å². The molecule has 0 unspecified atom stereocenters. The molecule has 1 N–H and O–H groups in total. The van der Waals surface area contributed by atoms with Crippen LogP contribution in [-0.2, 0) is 0 Å². The van der Waals surface area contributed by atoms with Gasteiger partial charge in [-0.15, -0.1) is 0 Å². The Bertz CT molecular complexity index is 1220. The van der Waals surface area contributed by atoms with Crippen LogP contribution in [-0.4, -0.2) is 19.7 Å². The van der Waals surface area contributed by atoms with Crippen LogP contribution in [0, 0.1) is 13.8 Å². The molecule has 4 aromatic rings. The number of rotatable bonds is 3. The molecule has 0 saturated heterocycles. The average Bonchev–Trinajstić information content (AvgIpc) is 2.96. The fourth-order valence-corrected chi connectivity index (χ4v) is 3.87. The zero-order valence-electron chi connectivity index (χ0n) is 14.8. The molecule has 0 aliphatic carbocycles. The van der Waals surface area contributed by atoms with Gasteiger partial charge in [-0.05, 0) is 50.2 Å². The largest absolute Gasteiger partial charge is 0.336 e. The van der Waals surface area contributed by atoms with Crippen LogP contribution in [0.1, 0.15) is 11.4 Å². The minimum atomic E-state index is 0.412. The third kappa shape index (κ3) is 3.70. The first-order valence-corrected chi connectivity index (χ1v) is 10.2. The highest BCUT2D eigenvalue weighted by Crippen LogP contribution is 2.32. The van der Waals surface area contributed by atoms with Gasteiger partial charge in [0.15, 0.2) is 11.6 Å². The van der Waals surface area contributed by atoms with Crippen molar-refractivity contribution < 1.29 is 0 Å². The van der Waals surface area contributed by atoms with Gasteiger partial charge in [-0.3, -0.25) is 0 Å². The van der Waals surface area contributed by atoms with Crippen LogP contribution in [0.25, 0.3) is 16.9 Å². The normalized spacial score (nSPS) is 11.2. The van der Waals surface area contributed by atoms with Crippen molar-refractivity contribution in [1.29, 1.82) is 0 Å². The Labute approximate surface area is 184 Å². The van der Waals surface area contributed by atoms with Crippen LogP contribution >= 0.6 is 50.7 Å². The predicted octanol–water partition coefficient (Wildman–Crippen LogP) is 6.90. The van der Waals surface area contributed by atoms with E-state index in [1.54, 1.807) is 22.9 Å². The topological polar surface area (TPSA) is 55.6 Å². The van der Waals surface area contributed by atoms with E-state index in [0.717, 1.165) is 15.9 Å². The molecule has 0 radical (unpaired) electrons. The molecule has 0 atom stereocenters. The number of aromatic nitrogens is 4. The van der Waals surface area contributed by atoms with E-state index in [-0.39, 0.29) is 0 Å². The summed E-state index contributed by atoms with van der Waals surface area (Å²) in [5, 5.41) is 9.18. The zero-order valence-corrected chi connectivity index (χ0v) is 18.6. The van der Waals surface area contributed by atoms with E-state index >= 15 is 0 Å². The molecule has 28 heavy (non-hydrogen) atoms. The molecule has 142 valence electrons. The number of hydrogen-bond donors (Lipinski definition) is 1. The van der Waals surface area contributed by atoms with Gasteiger partial charge in [-0.1, -0.05) is 50.7 Å². The van der Waals surface area contributed by atoms with Gasteiger partial charge in [0.05, 0.1) is 37.5 Å². The van der Waals surface area contributed by atoms with Crippen molar-refractivity contribution >= 4 is 73.3 Å². The molecule has 0 aliphatic rings. The quantitative estimate of drug-likeness (QED) is 0.335. The van der Waals surface area contributed by atoms with Crippen molar-refractivity contribution in [2.24, 2.45) is 0 Å². The maximum atomic E-state index is 6.38. The van der Waals surface area contributed by atoms with E-state index in [1.165, 1.54) is 0 Å². The van der Waals surface area contributed by atoms with Crippen molar-refractivity contribution in [3.8, 4) is 5.82 Å². The van der Waals surface area contributed by atoms with Crippen LogP contribution in [0.15, 0.2) is 40.9 Å². The van der Waals surface area contributed by atoms with Crippen LogP contribution in [0.4, 0.5) is 11.5 Å². The first-order chi connectivity index (χ1) is 13.3. The van der Waals surface area contributed by atoms with Crippen LogP contribution < -0.4 is 5.32 Å². The molecule has 0 amide bonds.